The minimum Gasteiger partial charge on any atom is -0.312 e. The Kier molecular flexibility index (Phi) is 3.66. The van der Waals surface area contributed by atoms with Gasteiger partial charge in [0.2, 0.25) is 0 Å². The fraction of sp³-hybridized carbons (Fsp3) is 0.333. The van der Waals surface area contributed by atoms with E-state index in [0.29, 0.717) is 0 Å². The molecule has 0 aliphatic carbocycles. The second-order valence-electron chi connectivity index (χ2n) is 3.77. The van der Waals surface area contributed by atoms with Crippen molar-refractivity contribution in [1.82, 2.24) is 20.1 Å². The minimum absolute atomic E-state index is 0.862. The van der Waals surface area contributed by atoms with Crippen molar-refractivity contribution in [3.63, 3.8) is 0 Å². The SMILES string of the molecule is Cn1cc(CNCCc2ccccn2)cn1. The predicted octanol–water partition coefficient (Wildman–Crippen LogP) is 1.15. The summed E-state index contributed by atoms with van der Waals surface area (Å²) in [7, 11) is 1.93. The molecule has 2 aromatic heterocycles. The van der Waals surface area contributed by atoms with Crippen molar-refractivity contribution in [2.75, 3.05) is 6.54 Å². The fourth-order valence-corrected chi connectivity index (χ4v) is 1.56. The Hall–Kier alpha value is -1.68. The molecule has 2 aromatic rings. The highest BCUT2D eigenvalue weighted by atomic mass is 15.2. The molecule has 0 bridgehead atoms. The molecule has 0 radical (unpaired) electrons. The van der Waals surface area contributed by atoms with Crippen LogP contribution in [0.5, 0.6) is 0 Å². The molecule has 0 aliphatic heterocycles. The van der Waals surface area contributed by atoms with Crippen molar-refractivity contribution in [2.24, 2.45) is 7.05 Å². The number of nitrogens with one attached hydrogen (secondary N) is 1. The fourth-order valence-electron chi connectivity index (χ4n) is 1.56. The molecule has 2 rings (SSSR count). The first kappa shape index (κ1) is 10.8. The van der Waals surface area contributed by atoms with Crippen LogP contribution in [0.3, 0.4) is 0 Å². The smallest absolute Gasteiger partial charge is 0.0534 e. The molecular weight excluding hydrogens is 200 g/mol. The lowest BCUT2D eigenvalue weighted by atomic mass is 10.2. The van der Waals surface area contributed by atoms with Crippen LogP contribution in [0.25, 0.3) is 0 Å². The van der Waals surface area contributed by atoms with E-state index in [4.69, 9.17) is 0 Å². The number of hydrogen-bond acceptors (Lipinski definition) is 3. The number of nitrogens with zero attached hydrogens (tertiary/aromatic N) is 3. The molecule has 16 heavy (non-hydrogen) atoms. The van der Waals surface area contributed by atoms with Crippen LogP contribution in [0.4, 0.5) is 0 Å². The zero-order chi connectivity index (χ0) is 11.2. The van der Waals surface area contributed by atoms with Gasteiger partial charge in [-0.2, -0.15) is 5.10 Å². The van der Waals surface area contributed by atoms with Gasteiger partial charge in [-0.05, 0) is 12.1 Å². The Morgan fingerprint density at radius 2 is 2.31 bits per heavy atom. The highest BCUT2D eigenvalue weighted by Crippen LogP contribution is 1.96. The van der Waals surface area contributed by atoms with Crippen LogP contribution in [-0.2, 0) is 20.0 Å². The molecule has 0 amide bonds. The van der Waals surface area contributed by atoms with Crippen LogP contribution >= 0.6 is 0 Å². The van der Waals surface area contributed by atoms with E-state index in [2.05, 4.69) is 15.4 Å². The summed E-state index contributed by atoms with van der Waals surface area (Å²) in [6.45, 7) is 1.80. The maximum absolute atomic E-state index is 4.27. The third-order valence-corrected chi connectivity index (χ3v) is 2.37. The summed E-state index contributed by atoms with van der Waals surface area (Å²) in [4.78, 5) is 4.27. The number of aryl methyl sites for hydroxylation is 1. The largest absolute Gasteiger partial charge is 0.312 e. The van der Waals surface area contributed by atoms with Crippen LogP contribution in [0.2, 0.25) is 0 Å². The summed E-state index contributed by atoms with van der Waals surface area (Å²) < 4.78 is 1.82. The van der Waals surface area contributed by atoms with Crippen molar-refractivity contribution in [3.8, 4) is 0 Å². The number of rotatable bonds is 5. The Labute approximate surface area is 95.3 Å². The number of hydrogen-bond donors (Lipinski definition) is 1. The lowest BCUT2D eigenvalue weighted by molar-refractivity contribution is 0.679. The summed E-state index contributed by atoms with van der Waals surface area (Å²) in [5.74, 6) is 0. The standard InChI is InChI=1S/C12H16N4/c1-16-10-11(9-15-16)8-13-7-5-12-4-2-3-6-14-12/h2-4,6,9-10,13H,5,7-8H2,1H3. The van der Waals surface area contributed by atoms with Crippen molar-refractivity contribution < 1.29 is 0 Å². The van der Waals surface area contributed by atoms with E-state index in [0.717, 1.165) is 25.2 Å². The second-order valence-corrected chi connectivity index (χ2v) is 3.77. The zero-order valence-corrected chi connectivity index (χ0v) is 9.43. The van der Waals surface area contributed by atoms with Gasteiger partial charge in [-0.3, -0.25) is 9.67 Å². The van der Waals surface area contributed by atoms with Crippen LogP contribution in [0.1, 0.15) is 11.3 Å². The van der Waals surface area contributed by atoms with Gasteiger partial charge in [0.25, 0.3) is 0 Å². The molecule has 2 heterocycles. The van der Waals surface area contributed by atoms with Crippen LogP contribution in [0.15, 0.2) is 36.8 Å². The van der Waals surface area contributed by atoms with E-state index in [1.807, 2.05) is 48.5 Å². The van der Waals surface area contributed by atoms with Gasteiger partial charge in [0, 0.05) is 50.2 Å². The zero-order valence-electron chi connectivity index (χ0n) is 9.43. The van der Waals surface area contributed by atoms with Gasteiger partial charge in [0.1, 0.15) is 0 Å². The van der Waals surface area contributed by atoms with E-state index in [-0.39, 0.29) is 0 Å². The Bertz CT molecular complexity index is 422. The number of aromatic nitrogens is 3. The third-order valence-electron chi connectivity index (χ3n) is 2.37. The summed E-state index contributed by atoms with van der Waals surface area (Å²) in [6, 6.07) is 6.00. The topological polar surface area (TPSA) is 42.7 Å². The first-order chi connectivity index (χ1) is 7.84. The monoisotopic (exact) mass is 216 g/mol. The molecule has 1 N–H and O–H groups in total. The van der Waals surface area contributed by atoms with Gasteiger partial charge in [-0.15, -0.1) is 0 Å². The second kappa shape index (κ2) is 5.42. The Morgan fingerprint density at radius 1 is 1.38 bits per heavy atom. The summed E-state index contributed by atoms with van der Waals surface area (Å²) in [5, 5.41) is 7.49. The van der Waals surface area contributed by atoms with Gasteiger partial charge in [-0.25, -0.2) is 0 Å². The maximum Gasteiger partial charge on any atom is 0.0534 e. The molecule has 0 aliphatic rings. The highest BCUT2D eigenvalue weighted by Gasteiger charge is 1.96. The van der Waals surface area contributed by atoms with E-state index in [1.165, 1.54) is 5.56 Å². The van der Waals surface area contributed by atoms with Crippen LogP contribution in [-0.4, -0.2) is 21.3 Å². The average Bonchev–Trinajstić information content (AvgIpc) is 2.72. The lowest BCUT2D eigenvalue weighted by Crippen LogP contribution is -2.16. The van der Waals surface area contributed by atoms with E-state index in [9.17, 15) is 0 Å². The Morgan fingerprint density at radius 3 is 3.00 bits per heavy atom. The molecular formula is C12H16N4. The van der Waals surface area contributed by atoms with Gasteiger partial charge < -0.3 is 5.32 Å². The predicted molar refractivity (Wildman–Crippen MR) is 62.9 cm³/mol. The third kappa shape index (κ3) is 3.17. The first-order valence-corrected chi connectivity index (χ1v) is 5.43. The van der Waals surface area contributed by atoms with Crippen molar-refractivity contribution in [1.29, 1.82) is 0 Å². The maximum atomic E-state index is 4.27. The van der Waals surface area contributed by atoms with E-state index >= 15 is 0 Å². The van der Waals surface area contributed by atoms with Gasteiger partial charge in [0.05, 0.1) is 6.20 Å². The molecule has 0 aromatic carbocycles. The summed E-state index contributed by atoms with van der Waals surface area (Å²) in [5.41, 5.74) is 2.34. The molecule has 0 saturated heterocycles. The normalized spacial score (nSPS) is 10.6. The van der Waals surface area contributed by atoms with Crippen molar-refractivity contribution >= 4 is 0 Å². The molecule has 0 atom stereocenters. The van der Waals surface area contributed by atoms with Gasteiger partial charge in [0.15, 0.2) is 0 Å². The van der Waals surface area contributed by atoms with Crippen LogP contribution in [0, 0.1) is 0 Å². The molecule has 4 nitrogen and oxygen atoms in total. The molecule has 0 fully saturated rings. The molecule has 0 spiro atoms. The molecule has 0 unspecified atom stereocenters. The van der Waals surface area contributed by atoms with Gasteiger partial charge in [-0.1, -0.05) is 6.07 Å². The summed E-state index contributed by atoms with van der Waals surface area (Å²) in [6.07, 6.45) is 6.69. The highest BCUT2D eigenvalue weighted by molar-refractivity contribution is 5.05. The minimum atomic E-state index is 0.862. The lowest BCUT2D eigenvalue weighted by Gasteiger charge is -2.02. The molecule has 84 valence electrons. The average molecular weight is 216 g/mol. The van der Waals surface area contributed by atoms with Crippen molar-refractivity contribution in [2.45, 2.75) is 13.0 Å². The Balaban J connectivity index is 1.69. The van der Waals surface area contributed by atoms with E-state index < -0.39 is 0 Å². The molecule has 4 heteroatoms. The van der Waals surface area contributed by atoms with Crippen LogP contribution < -0.4 is 5.32 Å². The first-order valence-electron chi connectivity index (χ1n) is 5.43. The van der Waals surface area contributed by atoms with Crippen molar-refractivity contribution in [3.05, 3.63) is 48.0 Å². The summed E-state index contributed by atoms with van der Waals surface area (Å²) >= 11 is 0. The number of pyridine rings is 1. The quantitative estimate of drug-likeness (QED) is 0.762. The molecule has 0 saturated carbocycles. The van der Waals surface area contributed by atoms with Gasteiger partial charge >= 0.3 is 0 Å². The van der Waals surface area contributed by atoms with E-state index in [1.54, 1.807) is 0 Å².